The van der Waals surface area contributed by atoms with Crippen LogP contribution >= 0.6 is 24.0 Å². The molecule has 1 aromatic carbocycles. The maximum atomic E-state index is 11.2. The van der Waals surface area contributed by atoms with Crippen LogP contribution in [0.2, 0.25) is 5.02 Å². The van der Waals surface area contributed by atoms with Gasteiger partial charge >= 0.3 is 0 Å². The minimum atomic E-state index is -0.00166. The second-order valence-electron chi connectivity index (χ2n) is 3.52. The number of nitrogens with two attached hydrogens (primary N) is 1. The van der Waals surface area contributed by atoms with E-state index in [9.17, 15) is 4.79 Å². The smallest absolute Gasteiger partial charge is 0.220 e. The van der Waals surface area contributed by atoms with Gasteiger partial charge in [0.05, 0.1) is 11.6 Å². The molecule has 0 aliphatic carbocycles. The van der Waals surface area contributed by atoms with Gasteiger partial charge in [0, 0.05) is 19.5 Å². The van der Waals surface area contributed by atoms with Crippen molar-refractivity contribution < 1.29 is 9.53 Å². The van der Waals surface area contributed by atoms with Gasteiger partial charge in [-0.1, -0.05) is 23.7 Å². The molecule has 4 nitrogen and oxygen atoms in total. The summed E-state index contributed by atoms with van der Waals surface area (Å²) in [6, 6.07) is 7.27. The Bertz CT molecular complexity index is 362. The minimum absolute atomic E-state index is 0. The van der Waals surface area contributed by atoms with Crippen molar-refractivity contribution in [1.82, 2.24) is 5.32 Å². The Kier molecular flexibility index (Phi) is 9.46. The maximum Gasteiger partial charge on any atom is 0.220 e. The molecule has 0 spiro atoms. The van der Waals surface area contributed by atoms with Gasteiger partial charge in [-0.25, -0.2) is 0 Å². The van der Waals surface area contributed by atoms with Crippen molar-refractivity contribution in [2.24, 2.45) is 5.73 Å². The molecule has 102 valence electrons. The van der Waals surface area contributed by atoms with Gasteiger partial charge in [0.15, 0.2) is 0 Å². The zero-order valence-corrected chi connectivity index (χ0v) is 11.6. The summed E-state index contributed by atoms with van der Waals surface area (Å²) in [6.45, 7) is 1.45. The molecular weight excluding hydrogens is 275 g/mol. The SMILES string of the molecule is Cl.NCCNC(=O)CCCOc1ccccc1Cl. The summed E-state index contributed by atoms with van der Waals surface area (Å²) < 4.78 is 5.46. The summed E-state index contributed by atoms with van der Waals surface area (Å²) in [5.41, 5.74) is 5.27. The van der Waals surface area contributed by atoms with Crippen LogP contribution in [0.5, 0.6) is 5.75 Å². The molecule has 1 amide bonds. The first-order chi connectivity index (χ1) is 8.24. The first-order valence-corrected chi connectivity index (χ1v) is 5.96. The summed E-state index contributed by atoms with van der Waals surface area (Å²) in [7, 11) is 0. The van der Waals surface area contributed by atoms with E-state index in [1.165, 1.54) is 0 Å². The lowest BCUT2D eigenvalue weighted by Crippen LogP contribution is -2.29. The third-order valence-electron chi connectivity index (χ3n) is 2.11. The van der Waals surface area contributed by atoms with E-state index < -0.39 is 0 Å². The van der Waals surface area contributed by atoms with Crippen LogP contribution in [-0.2, 0) is 4.79 Å². The van der Waals surface area contributed by atoms with Crippen molar-refractivity contribution in [3.63, 3.8) is 0 Å². The van der Waals surface area contributed by atoms with Crippen molar-refractivity contribution in [2.45, 2.75) is 12.8 Å². The van der Waals surface area contributed by atoms with Crippen molar-refractivity contribution in [2.75, 3.05) is 19.7 Å². The number of halogens is 2. The van der Waals surface area contributed by atoms with Crippen LogP contribution in [0.1, 0.15) is 12.8 Å². The highest BCUT2D eigenvalue weighted by Gasteiger charge is 2.02. The highest BCUT2D eigenvalue weighted by atomic mass is 35.5. The molecule has 0 saturated carbocycles. The van der Waals surface area contributed by atoms with Gasteiger partial charge < -0.3 is 15.8 Å². The highest BCUT2D eigenvalue weighted by molar-refractivity contribution is 6.32. The van der Waals surface area contributed by atoms with Crippen LogP contribution in [0.4, 0.5) is 0 Å². The molecule has 0 unspecified atom stereocenters. The molecule has 0 bridgehead atoms. The molecular formula is C12H18Cl2N2O2. The van der Waals surface area contributed by atoms with E-state index in [-0.39, 0.29) is 18.3 Å². The van der Waals surface area contributed by atoms with E-state index in [1.807, 2.05) is 12.1 Å². The Morgan fingerprint density at radius 1 is 1.39 bits per heavy atom. The maximum absolute atomic E-state index is 11.2. The average Bonchev–Trinajstić information content (AvgIpc) is 2.34. The number of rotatable bonds is 7. The van der Waals surface area contributed by atoms with E-state index >= 15 is 0 Å². The average molecular weight is 293 g/mol. The second kappa shape index (κ2) is 10.00. The molecule has 0 saturated heterocycles. The van der Waals surface area contributed by atoms with Crippen molar-refractivity contribution >= 4 is 29.9 Å². The number of para-hydroxylation sites is 1. The first kappa shape index (κ1) is 17.0. The molecule has 0 aliphatic rings. The molecule has 0 aliphatic heterocycles. The molecule has 0 aromatic heterocycles. The number of hydrogen-bond acceptors (Lipinski definition) is 3. The fourth-order valence-corrected chi connectivity index (χ4v) is 1.47. The van der Waals surface area contributed by atoms with E-state index in [1.54, 1.807) is 12.1 Å². The van der Waals surface area contributed by atoms with Gasteiger partial charge in [-0.3, -0.25) is 4.79 Å². The molecule has 0 fully saturated rings. The van der Waals surface area contributed by atoms with Crippen LogP contribution in [-0.4, -0.2) is 25.6 Å². The molecule has 0 atom stereocenters. The van der Waals surface area contributed by atoms with Gasteiger partial charge in [-0.15, -0.1) is 12.4 Å². The lowest BCUT2D eigenvalue weighted by Gasteiger charge is -2.07. The summed E-state index contributed by atoms with van der Waals surface area (Å²) in [4.78, 5) is 11.2. The summed E-state index contributed by atoms with van der Waals surface area (Å²) in [5, 5.41) is 3.28. The predicted octanol–water partition coefficient (Wildman–Crippen LogP) is 2.00. The third kappa shape index (κ3) is 6.69. The molecule has 3 N–H and O–H groups in total. The van der Waals surface area contributed by atoms with Crippen LogP contribution in [0.25, 0.3) is 0 Å². The fraction of sp³-hybridized carbons (Fsp3) is 0.417. The van der Waals surface area contributed by atoms with E-state index in [4.69, 9.17) is 22.1 Å². The summed E-state index contributed by atoms with van der Waals surface area (Å²) >= 11 is 5.92. The lowest BCUT2D eigenvalue weighted by atomic mass is 10.3. The largest absolute Gasteiger partial charge is 0.492 e. The number of carbonyl (C=O) groups is 1. The third-order valence-corrected chi connectivity index (χ3v) is 2.42. The summed E-state index contributed by atoms with van der Waals surface area (Å²) in [5.74, 6) is 0.648. The van der Waals surface area contributed by atoms with Crippen molar-refractivity contribution in [1.29, 1.82) is 0 Å². The van der Waals surface area contributed by atoms with Crippen LogP contribution in [0, 0.1) is 0 Å². The fourth-order valence-electron chi connectivity index (χ4n) is 1.28. The molecule has 1 aromatic rings. The Balaban J connectivity index is 0.00000289. The number of ether oxygens (including phenoxy) is 1. The monoisotopic (exact) mass is 292 g/mol. The van der Waals surface area contributed by atoms with Crippen molar-refractivity contribution in [3.05, 3.63) is 29.3 Å². The lowest BCUT2D eigenvalue weighted by molar-refractivity contribution is -0.121. The minimum Gasteiger partial charge on any atom is -0.492 e. The van der Waals surface area contributed by atoms with Crippen molar-refractivity contribution in [3.8, 4) is 5.75 Å². The Labute approximate surface area is 118 Å². The zero-order chi connectivity index (χ0) is 12.5. The van der Waals surface area contributed by atoms with Gasteiger partial charge in [0.2, 0.25) is 5.91 Å². The highest BCUT2D eigenvalue weighted by Crippen LogP contribution is 2.23. The van der Waals surface area contributed by atoms with Crippen LogP contribution < -0.4 is 15.8 Å². The predicted molar refractivity (Wildman–Crippen MR) is 75.5 cm³/mol. The Hall–Kier alpha value is -0.970. The molecule has 6 heteroatoms. The normalized spacial score (nSPS) is 9.44. The molecule has 0 heterocycles. The van der Waals surface area contributed by atoms with Gasteiger partial charge in [-0.2, -0.15) is 0 Å². The number of hydrogen-bond donors (Lipinski definition) is 2. The number of amides is 1. The van der Waals surface area contributed by atoms with E-state index in [0.717, 1.165) is 0 Å². The Morgan fingerprint density at radius 3 is 2.78 bits per heavy atom. The second-order valence-corrected chi connectivity index (χ2v) is 3.93. The van der Waals surface area contributed by atoms with E-state index in [0.29, 0.717) is 43.3 Å². The Morgan fingerprint density at radius 2 is 2.11 bits per heavy atom. The number of benzene rings is 1. The first-order valence-electron chi connectivity index (χ1n) is 5.58. The number of nitrogens with one attached hydrogen (secondary N) is 1. The molecule has 18 heavy (non-hydrogen) atoms. The number of carbonyl (C=O) groups excluding carboxylic acids is 1. The van der Waals surface area contributed by atoms with Crippen LogP contribution in [0.3, 0.4) is 0 Å². The quantitative estimate of drug-likeness (QED) is 0.756. The van der Waals surface area contributed by atoms with Gasteiger partial charge in [-0.05, 0) is 18.6 Å². The summed E-state index contributed by atoms with van der Waals surface area (Å²) in [6.07, 6.45) is 1.09. The van der Waals surface area contributed by atoms with E-state index in [2.05, 4.69) is 5.32 Å². The molecule has 1 rings (SSSR count). The molecule has 0 radical (unpaired) electrons. The zero-order valence-electron chi connectivity index (χ0n) is 10.0. The van der Waals surface area contributed by atoms with Crippen LogP contribution in [0.15, 0.2) is 24.3 Å². The van der Waals surface area contributed by atoms with Gasteiger partial charge in [0.25, 0.3) is 0 Å². The topological polar surface area (TPSA) is 64.3 Å². The standard InChI is InChI=1S/C12H17ClN2O2.ClH/c13-10-4-1-2-5-11(10)17-9-3-6-12(16)15-8-7-14;/h1-2,4-5H,3,6-9,14H2,(H,15,16);1H. The van der Waals surface area contributed by atoms with Gasteiger partial charge in [0.1, 0.15) is 5.75 Å².